The number of nitrogens with two attached hydrogens (primary N) is 1. The van der Waals surface area contributed by atoms with Crippen LogP contribution in [0.15, 0.2) is 48.9 Å². The number of nitrogens with zero attached hydrogens (tertiary/aromatic N) is 4. The zero-order chi connectivity index (χ0) is 24.8. The SMILES string of the molecule is CCC(O)(C#Cc1cccc(COc2cc(-c3cnn(C4CCN(C)CC4)c3)cnc2N)c1)CC. The lowest BCUT2D eigenvalue weighted by atomic mass is 9.98. The van der Waals surface area contributed by atoms with Gasteiger partial charge in [0, 0.05) is 29.1 Å². The van der Waals surface area contributed by atoms with Crippen LogP contribution < -0.4 is 10.5 Å². The van der Waals surface area contributed by atoms with Gasteiger partial charge in [-0.15, -0.1) is 0 Å². The Kier molecular flexibility index (Phi) is 7.74. The van der Waals surface area contributed by atoms with Crippen LogP contribution in [0.5, 0.6) is 5.75 Å². The number of aliphatic hydroxyl groups is 1. The third-order valence-corrected chi connectivity index (χ3v) is 6.81. The predicted molar refractivity (Wildman–Crippen MR) is 139 cm³/mol. The topological polar surface area (TPSA) is 89.4 Å². The lowest BCUT2D eigenvalue weighted by molar-refractivity contribution is 0.0931. The van der Waals surface area contributed by atoms with Gasteiger partial charge in [0.2, 0.25) is 0 Å². The molecule has 35 heavy (non-hydrogen) atoms. The van der Waals surface area contributed by atoms with E-state index in [1.807, 2.05) is 50.4 Å². The summed E-state index contributed by atoms with van der Waals surface area (Å²) in [7, 11) is 2.16. The van der Waals surface area contributed by atoms with Crippen molar-refractivity contribution in [1.82, 2.24) is 19.7 Å². The Balaban J connectivity index is 1.45. The number of ether oxygens (including phenoxy) is 1. The van der Waals surface area contributed by atoms with Gasteiger partial charge in [-0.2, -0.15) is 5.10 Å². The van der Waals surface area contributed by atoms with Crippen LogP contribution in [0.3, 0.4) is 0 Å². The third kappa shape index (κ3) is 6.21. The number of hydrogen-bond donors (Lipinski definition) is 2. The molecule has 3 aromatic rings. The van der Waals surface area contributed by atoms with Gasteiger partial charge in [-0.05, 0) is 69.6 Å². The molecule has 7 heteroatoms. The molecule has 3 heterocycles. The van der Waals surface area contributed by atoms with E-state index in [2.05, 4.69) is 44.7 Å². The minimum absolute atomic E-state index is 0.339. The highest BCUT2D eigenvalue weighted by molar-refractivity contribution is 5.65. The summed E-state index contributed by atoms with van der Waals surface area (Å²) in [5, 5.41) is 15.0. The smallest absolute Gasteiger partial charge is 0.166 e. The Morgan fingerprint density at radius 2 is 1.91 bits per heavy atom. The van der Waals surface area contributed by atoms with Crippen molar-refractivity contribution in [3.63, 3.8) is 0 Å². The first-order valence-corrected chi connectivity index (χ1v) is 12.3. The molecule has 1 saturated heterocycles. The fraction of sp³-hybridized carbons (Fsp3) is 0.429. The second-order valence-corrected chi connectivity index (χ2v) is 9.33. The standard InChI is InChI=1S/C28H35N5O2/c1-4-28(34,5-2)12-9-21-7-6-8-22(15-21)20-35-26-16-23(17-30-27(26)29)24-18-31-33(19-24)25-10-13-32(3)14-11-25/h6-8,15-19,25,34H,4-5,10-11,13-14,20H2,1-3H3,(H2,29,30). The van der Waals surface area contributed by atoms with Crippen LogP contribution in [0.2, 0.25) is 0 Å². The number of nitrogen functional groups attached to an aromatic ring is 1. The number of piperidine rings is 1. The van der Waals surface area contributed by atoms with Crippen LogP contribution in [-0.4, -0.2) is 50.5 Å². The number of likely N-dealkylation sites (tertiary alicyclic amines) is 1. The third-order valence-electron chi connectivity index (χ3n) is 6.81. The van der Waals surface area contributed by atoms with Crippen LogP contribution >= 0.6 is 0 Å². The van der Waals surface area contributed by atoms with Crippen molar-refractivity contribution in [2.75, 3.05) is 25.9 Å². The van der Waals surface area contributed by atoms with E-state index in [1.165, 1.54) is 0 Å². The van der Waals surface area contributed by atoms with Crippen molar-refractivity contribution in [3.05, 3.63) is 60.0 Å². The molecule has 0 spiro atoms. The number of hydrogen-bond acceptors (Lipinski definition) is 6. The number of anilines is 1. The first-order chi connectivity index (χ1) is 16.9. The molecule has 4 rings (SSSR count). The largest absolute Gasteiger partial charge is 0.485 e. The lowest BCUT2D eigenvalue weighted by Gasteiger charge is -2.28. The molecule has 1 aliphatic heterocycles. The minimum Gasteiger partial charge on any atom is -0.485 e. The predicted octanol–water partition coefficient (Wildman–Crippen LogP) is 4.28. The van der Waals surface area contributed by atoms with Crippen molar-refractivity contribution in [1.29, 1.82) is 0 Å². The molecule has 0 unspecified atom stereocenters. The summed E-state index contributed by atoms with van der Waals surface area (Å²) in [5.41, 5.74) is 8.89. The molecule has 1 aliphatic rings. The van der Waals surface area contributed by atoms with Crippen molar-refractivity contribution >= 4 is 5.82 Å². The van der Waals surface area contributed by atoms with E-state index >= 15 is 0 Å². The van der Waals surface area contributed by atoms with Gasteiger partial charge in [0.05, 0.1) is 12.2 Å². The molecule has 3 N–H and O–H groups in total. The quantitative estimate of drug-likeness (QED) is 0.498. The van der Waals surface area contributed by atoms with E-state index < -0.39 is 5.60 Å². The molecule has 7 nitrogen and oxygen atoms in total. The monoisotopic (exact) mass is 473 g/mol. The molecule has 0 atom stereocenters. The van der Waals surface area contributed by atoms with Gasteiger partial charge >= 0.3 is 0 Å². The summed E-state index contributed by atoms with van der Waals surface area (Å²) in [4.78, 5) is 6.71. The Bertz CT molecular complexity index is 1200. The Labute approximate surface area is 207 Å². The highest BCUT2D eigenvalue weighted by atomic mass is 16.5. The first-order valence-electron chi connectivity index (χ1n) is 12.3. The maximum atomic E-state index is 10.4. The van der Waals surface area contributed by atoms with Crippen LogP contribution in [0.1, 0.15) is 56.7 Å². The highest BCUT2D eigenvalue weighted by Gasteiger charge is 2.20. The Morgan fingerprint density at radius 1 is 1.14 bits per heavy atom. The number of rotatable bonds is 7. The van der Waals surface area contributed by atoms with Crippen molar-refractivity contribution in [2.45, 2.75) is 57.8 Å². The molecular weight excluding hydrogens is 438 g/mol. The first kappa shape index (κ1) is 24.8. The zero-order valence-electron chi connectivity index (χ0n) is 20.9. The van der Waals surface area contributed by atoms with Crippen molar-refractivity contribution in [3.8, 4) is 28.7 Å². The molecule has 0 saturated carbocycles. The van der Waals surface area contributed by atoms with Crippen molar-refractivity contribution < 1.29 is 9.84 Å². The number of pyridine rings is 1. The van der Waals surface area contributed by atoms with E-state index in [0.29, 0.717) is 37.1 Å². The molecule has 1 aromatic carbocycles. The van der Waals surface area contributed by atoms with Gasteiger partial charge in [-0.1, -0.05) is 37.8 Å². The van der Waals surface area contributed by atoms with E-state index in [9.17, 15) is 5.11 Å². The maximum absolute atomic E-state index is 10.4. The van der Waals surface area contributed by atoms with Gasteiger partial charge in [0.25, 0.3) is 0 Å². The average molecular weight is 474 g/mol. The summed E-state index contributed by atoms with van der Waals surface area (Å²) in [6.45, 7) is 6.40. The summed E-state index contributed by atoms with van der Waals surface area (Å²) in [6, 6.07) is 10.2. The summed E-state index contributed by atoms with van der Waals surface area (Å²) in [5.74, 6) is 6.98. The Morgan fingerprint density at radius 3 is 2.66 bits per heavy atom. The summed E-state index contributed by atoms with van der Waals surface area (Å²) >= 11 is 0. The summed E-state index contributed by atoms with van der Waals surface area (Å²) in [6.07, 6.45) is 9.12. The highest BCUT2D eigenvalue weighted by Crippen LogP contribution is 2.29. The van der Waals surface area contributed by atoms with Gasteiger partial charge in [0.1, 0.15) is 12.2 Å². The normalized spacial score (nSPS) is 15.0. The molecule has 0 bridgehead atoms. The molecule has 2 aromatic heterocycles. The molecule has 0 radical (unpaired) electrons. The molecular formula is C28H35N5O2. The van der Waals surface area contributed by atoms with Gasteiger partial charge in [-0.3, -0.25) is 4.68 Å². The van der Waals surface area contributed by atoms with Gasteiger partial charge in [0.15, 0.2) is 11.6 Å². The number of aromatic nitrogens is 3. The fourth-order valence-corrected chi connectivity index (χ4v) is 4.19. The lowest BCUT2D eigenvalue weighted by Crippen LogP contribution is -2.31. The fourth-order valence-electron chi connectivity index (χ4n) is 4.19. The molecule has 1 fully saturated rings. The molecule has 0 aliphatic carbocycles. The second-order valence-electron chi connectivity index (χ2n) is 9.33. The minimum atomic E-state index is -0.950. The van der Waals surface area contributed by atoms with Crippen LogP contribution in [0, 0.1) is 11.8 Å². The second kappa shape index (κ2) is 10.9. The van der Waals surface area contributed by atoms with Gasteiger partial charge in [-0.25, -0.2) is 4.98 Å². The Hall–Kier alpha value is -3.34. The molecule has 184 valence electrons. The average Bonchev–Trinajstić information content (AvgIpc) is 3.38. The molecule has 0 amide bonds. The van der Waals surface area contributed by atoms with Gasteiger partial charge < -0.3 is 20.5 Å². The van der Waals surface area contributed by atoms with E-state index in [0.717, 1.165) is 48.2 Å². The van der Waals surface area contributed by atoms with Crippen LogP contribution in [0.25, 0.3) is 11.1 Å². The van der Waals surface area contributed by atoms with Crippen LogP contribution in [-0.2, 0) is 6.61 Å². The van der Waals surface area contributed by atoms with E-state index in [1.54, 1.807) is 6.20 Å². The summed E-state index contributed by atoms with van der Waals surface area (Å²) < 4.78 is 8.12. The zero-order valence-corrected chi connectivity index (χ0v) is 20.9. The van der Waals surface area contributed by atoms with E-state index in [4.69, 9.17) is 10.5 Å². The van der Waals surface area contributed by atoms with E-state index in [-0.39, 0.29) is 0 Å². The van der Waals surface area contributed by atoms with Crippen molar-refractivity contribution in [2.24, 2.45) is 0 Å². The van der Waals surface area contributed by atoms with Crippen LogP contribution in [0.4, 0.5) is 5.82 Å². The maximum Gasteiger partial charge on any atom is 0.166 e. The number of benzene rings is 1.